The van der Waals surface area contributed by atoms with Crippen LogP contribution in [0.1, 0.15) is 53.4 Å². The topological polar surface area (TPSA) is 60.9 Å². The summed E-state index contributed by atoms with van der Waals surface area (Å²) in [6.45, 7) is 8.22. The van der Waals surface area contributed by atoms with Crippen molar-refractivity contribution in [1.29, 1.82) is 0 Å². The van der Waals surface area contributed by atoms with Gasteiger partial charge < -0.3 is 14.9 Å². The molecule has 5 heteroatoms. The standard InChI is InChI=1S/C14H26N2O3/c1-5-11-9-7-8-10-15(11)13(19)16(6-2)14(3,4)12(17)18/h11H,5-10H2,1-4H3,(H,17,18). The van der Waals surface area contributed by atoms with Crippen LogP contribution < -0.4 is 0 Å². The third-order valence-electron chi connectivity index (χ3n) is 4.09. The van der Waals surface area contributed by atoms with Gasteiger partial charge in [0.25, 0.3) is 0 Å². The second-order valence-corrected chi connectivity index (χ2v) is 5.64. The van der Waals surface area contributed by atoms with Crippen molar-refractivity contribution < 1.29 is 14.7 Å². The predicted octanol–water partition coefficient (Wildman–Crippen LogP) is 2.56. The van der Waals surface area contributed by atoms with E-state index in [1.165, 1.54) is 4.90 Å². The molecule has 0 aliphatic carbocycles. The summed E-state index contributed by atoms with van der Waals surface area (Å²) in [4.78, 5) is 27.3. The molecule has 0 radical (unpaired) electrons. The van der Waals surface area contributed by atoms with E-state index in [-0.39, 0.29) is 12.1 Å². The fourth-order valence-corrected chi connectivity index (χ4v) is 2.72. The second-order valence-electron chi connectivity index (χ2n) is 5.64. The SMILES string of the molecule is CCC1CCCCN1C(=O)N(CC)C(C)(C)C(=O)O. The Labute approximate surface area is 115 Å². The molecule has 1 rings (SSSR count). The average molecular weight is 270 g/mol. The molecule has 1 unspecified atom stereocenters. The highest BCUT2D eigenvalue weighted by molar-refractivity contribution is 5.85. The Kier molecular flexibility index (Phi) is 5.20. The van der Waals surface area contributed by atoms with Gasteiger partial charge in [0, 0.05) is 19.1 Å². The number of carboxylic acid groups (broad SMARTS) is 1. The number of rotatable bonds is 4. The number of hydrogen-bond donors (Lipinski definition) is 1. The highest BCUT2D eigenvalue weighted by Crippen LogP contribution is 2.24. The third-order valence-corrected chi connectivity index (χ3v) is 4.09. The molecule has 0 spiro atoms. The molecule has 0 aromatic carbocycles. The van der Waals surface area contributed by atoms with Gasteiger partial charge >= 0.3 is 12.0 Å². The fraction of sp³-hybridized carbons (Fsp3) is 0.857. The van der Waals surface area contributed by atoms with Crippen LogP contribution in [0.3, 0.4) is 0 Å². The predicted molar refractivity (Wildman–Crippen MR) is 74.1 cm³/mol. The molecule has 19 heavy (non-hydrogen) atoms. The molecule has 1 saturated heterocycles. The monoisotopic (exact) mass is 270 g/mol. The molecule has 0 bridgehead atoms. The molecule has 110 valence electrons. The third kappa shape index (κ3) is 3.19. The van der Waals surface area contributed by atoms with Crippen LogP contribution >= 0.6 is 0 Å². The van der Waals surface area contributed by atoms with Crippen molar-refractivity contribution in [3.63, 3.8) is 0 Å². The van der Waals surface area contributed by atoms with Crippen LogP contribution in [-0.4, -0.2) is 51.6 Å². The molecule has 0 aromatic rings. The molecule has 1 atom stereocenters. The largest absolute Gasteiger partial charge is 0.480 e. The lowest BCUT2D eigenvalue weighted by Crippen LogP contribution is -2.59. The first-order chi connectivity index (χ1) is 8.86. The summed E-state index contributed by atoms with van der Waals surface area (Å²) in [7, 11) is 0. The summed E-state index contributed by atoms with van der Waals surface area (Å²) in [5.74, 6) is -0.965. The number of carbonyl (C=O) groups is 2. The number of amides is 2. The summed E-state index contributed by atoms with van der Waals surface area (Å²) < 4.78 is 0. The molecule has 1 heterocycles. The van der Waals surface area contributed by atoms with E-state index in [1.807, 2.05) is 11.8 Å². The molecular weight excluding hydrogens is 244 g/mol. The van der Waals surface area contributed by atoms with Gasteiger partial charge in [-0.1, -0.05) is 6.92 Å². The van der Waals surface area contributed by atoms with Crippen molar-refractivity contribution in [3.05, 3.63) is 0 Å². The van der Waals surface area contributed by atoms with E-state index in [0.29, 0.717) is 6.54 Å². The molecule has 1 aliphatic heterocycles. The van der Waals surface area contributed by atoms with Gasteiger partial charge in [-0.25, -0.2) is 9.59 Å². The van der Waals surface area contributed by atoms with Gasteiger partial charge in [0.2, 0.25) is 0 Å². The number of hydrogen-bond acceptors (Lipinski definition) is 2. The number of likely N-dealkylation sites (N-methyl/N-ethyl adjacent to an activating group) is 1. The van der Waals surface area contributed by atoms with Crippen LogP contribution in [0.5, 0.6) is 0 Å². The Balaban J connectivity index is 2.91. The Hall–Kier alpha value is -1.26. The zero-order valence-electron chi connectivity index (χ0n) is 12.5. The lowest BCUT2D eigenvalue weighted by atomic mass is 9.99. The number of piperidine rings is 1. The van der Waals surface area contributed by atoms with Gasteiger partial charge in [-0.2, -0.15) is 0 Å². The second kappa shape index (κ2) is 6.26. The van der Waals surface area contributed by atoms with Crippen LogP contribution in [0.15, 0.2) is 0 Å². The van der Waals surface area contributed by atoms with E-state index in [2.05, 4.69) is 6.92 Å². The minimum Gasteiger partial charge on any atom is -0.480 e. The maximum absolute atomic E-state index is 12.6. The molecule has 1 N–H and O–H groups in total. The Morgan fingerprint density at radius 1 is 1.32 bits per heavy atom. The van der Waals surface area contributed by atoms with E-state index in [4.69, 9.17) is 0 Å². The number of carbonyl (C=O) groups excluding carboxylic acids is 1. The number of urea groups is 1. The van der Waals surface area contributed by atoms with Crippen molar-refractivity contribution in [3.8, 4) is 0 Å². The number of nitrogens with zero attached hydrogens (tertiary/aromatic N) is 2. The molecule has 0 saturated carbocycles. The van der Waals surface area contributed by atoms with Gasteiger partial charge in [0.05, 0.1) is 0 Å². The smallest absolute Gasteiger partial charge is 0.329 e. The Morgan fingerprint density at radius 3 is 2.42 bits per heavy atom. The zero-order chi connectivity index (χ0) is 14.6. The molecule has 0 aromatic heterocycles. The molecule has 5 nitrogen and oxygen atoms in total. The summed E-state index contributed by atoms with van der Waals surface area (Å²) in [6, 6.07) is 0.112. The Bertz CT molecular complexity index is 342. The van der Waals surface area contributed by atoms with E-state index in [1.54, 1.807) is 13.8 Å². The summed E-state index contributed by atoms with van der Waals surface area (Å²) in [5.41, 5.74) is -1.17. The molecular formula is C14H26N2O3. The van der Waals surface area contributed by atoms with Gasteiger partial charge in [-0.3, -0.25) is 0 Å². The fourth-order valence-electron chi connectivity index (χ4n) is 2.72. The first kappa shape index (κ1) is 15.8. The quantitative estimate of drug-likeness (QED) is 0.854. The van der Waals surface area contributed by atoms with Crippen molar-refractivity contribution in [1.82, 2.24) is 9.80 Å². The number of carboxylic acids is 1. The first-order valence-electron chi connectivity index (χ1n) is 7.17. The van der Waals surface area contributed by atoms with Gasteiger partial charge in [0.1, 0.15) is 5.54 Å². The van der Waals surface area contributed by atoms with Crippen molar-refractivity contribution in [2.45, 2.75) is 65.0 Å². The average Bonchev–Trinajstić information content (AvgIpc) is 2.38. The summed E-state index contributed by atoms with van der Waals surface area (Å²) in [5, 5.41) is 9.30. The summed E-state index contributed by atoms with van der Waals surface area (Å²) in [6.07, 6.45) is 4.11. The molecule has 1 aliphatic rings. The highest BCUT2D eigenvalue weighted by Gasteiger charge is 2.40. The van der Waals surface area contributed by atoms with Gasteiger partial charge in [-0.05, 0) is 46.5 Å². The number of likely N-dealkylation sites (tertiary alicyclic amines) is 1. The van der Waals surface area contributed by atoms with Crippen LogP contribution in [0.25, 0.3) is 0 Å². The normalized spacial score (nSPS) is 20.2. The van der Waals surface area contributed by atoms with Crippen LogP contribution in [0, 0.1) is 0 Å². The first-order valence-corrected chi connectivity index (χ1v) is 7.17. The highest BCUT2D eigenvalue weighted by atomic mass is 16.4. The maximum Gasteiger partial charge on any atom is 0.329 e. The maximum atomic E-state index is 12.6. The van der Waals surface area contributed by atoms with Crippen LogP contribution in [0.2, 0.25) is 0 Å². The minimum absolute atomic E-state index is 0.138. The lowest BCUT2D eigenvalue weighted by molar-refractivity contribution is -0.147. The van der Waals surface area contributed by atoms with Gasteiger partial charge in [-0.15, -0.1) is 0 Å². The van der Waals surface area contributed by atoms with Gasteiger partial charge in [0.15, 0.2) is 0 Å². The van der Waals surface area contributed by atoms with E-state index >= 15 is 0 Å². The lowest BCUT2D eigenvalue weighted by Gasteiger charge is -2.42. The Morgan fingerprint density at radius 2 is 1.95 bits per heavy atom. The molecule has 2 amide bonds. The van der Waals surface area contributed by atoms with E-state index < -0.39 is 11.5 Å². The van der Waals surface area contributed by atoms with Crippen LogP contribution in [-0.2, 0) is 4.79 Å². The summed E-state index contributed by atoms with van der Waals surface area (Å²) >= 11 is 0. The van der Waals surface area contributed by atoms with Crippen molar-refractivity contribution >= 4 is 12.0 Å². The van der Waals surface area contributed by atoms with E-state index in [9.17, 15) is 14.7 Å². The zero-order valence-corrected chi connectivity index (χ0v) is 12.5. The van der Waals surface area contributed by atoms with Crippen LogP contribution in [0.4, 0.5) is 4.79 Å². The molecule has 1 fully saturated rings. The van der Waals surface area contributed by atoms with Crippen molar-refractivity contribution in [2.24, 2.45) is 0 Å². The number of aliphatic carboxylic acids is 1. The van der Waals surface area contributed by atoms with E-state index in [0.717, 1.165) is 32.2 Å². The van der Waals surface area contributed by atoms with Crippen molar-refractivity contribution in [2.75, 3.05) is 13.1 Å². The minimum atomic E-state index is -1.17.